The minimum Gasteiger partial charge on any atom is -0.465 e. The Hall–Kier alpha value is -2.97. The summed E-state index contributed by atoms with van der Waals surface area (Å²) in [7, 11) is 0. The summed E-state index contributed by atoms with van der Waals surface area (Å²) in [4.78, 5) is 37.0. The number of benzene rings is 1. The van der Waals surface area contributed by atoms with E-state index in [4.69, 9.17) is 18.9 Å². The summed E-state index contributed by atoms with van der Waals surface area (Å²) < 4.78 is 23.1. The SMILES string of the molecule is CC(=O)OC[C@@]12[C@@H](OC(=O)c3ccccc3)C[C@](C)(O)[C@@](C)(/C=C/C3=CC(=O)OC3)[C@H]1CCC[C@]21CO1. The van der Waals surface area contributed by atoms with E-state index in [9.17, 15) is 19.5 Å². The van der Waals surface area contributed by atoms with Crippen LogP contribution in [0.4, 0.5) is 0 Å². The van der Waals surface area contributed by atoms with Gasteiger partial charge in [-0.1, -0.05) is 43.7 Å². The molecule has 198 valence electrons. The molecule has 0 amide bonds. The summed E-state index contributed by atoms with van der Waals surface area (Å²) in [6.07, 6.45) is 6.93. The molecule has 2 aliphatic heterocycles. The van der Waals surface area contributed by atoms with Gasteiger partial charge in [-0.2, -0.15) is 0 Å². The van der Waals surface area contributed by atoms with E-state index in [1.54, 1.807) is 31.2 Å². The van der Waals surface area contributed by atoms with E-state index in [0.717, 1.165) is 24.8 Å². The Kier molecular flexibility index (Phi) is 6.31. The average Bonchev–Trinajstić information content (AvgIpc) is 3.51. The van der Waals surface area contributed by atoms with Gasteiger partial charge in [-0.3, -0.25) is 4.79 Å². The van der Waals surface area contributed by atoms with Gasteiger partial charge in [0.15, 0.2) is 0 Å². The van der Waals surface area contributed by atoms with Crippen molar-refractivity contribution >= 4 is 17.9 Å². The van der Waals surface area contributed by atoms with Crippen molar-refractivity contribution in [3.63, 3.8) is 0 Å². The van der Waals surface area contributed by atoms with Gasteiger partial charge in [0.05, 0.1) is 23.2 Å². The smallest absolute Gasteiger partial charge is 0.338 e. The lowest BCUT2D eigenvalue weighted by atomic mass is 9.42. The number of hydrogen-bond acceptors (Lipinski definition) is 8. The first kappa shape index (κ1) is 25.7. The molecule has 0 aromatic heterocycles. The van der Waals surface area contributed by atoms with E-state index in [1.165, 1.54) is 13.0 Å². The van der Waals surface area contributed by atoms with Crippen LogP contribution >= 0.6 is 0 Å². The summed E-state index contributed by atoms with van der Waals surface area (Å²) >= 11 is 0. The van der Waals surface area contributed by atoms with Crippen LogP contribution in [0.15, 0.2) is 54.1 Å². The van der Waals surface area contributed by atoms with E-state index < -0.39 is 40.1 Å². The zero-order valence-electron chi connectivity index (χ0n) is 21.5. The maximum atomic E-state index is 13.3. The molecule has 2 heterocycles. The van der Waals surface area contributed by atoms with Crippen molar-refractivity contribution in [2.24, 2.45) is 16.7 Å². The maximum Gasteiger partial charge on any atom is 0.338 e. The largest absolute Gasteiger partial charge is 0.465 e. The Bertz CT molecular complexity index is 1150. The summed E-state index contributed by atoms with van der Waals surface area (Å²) in [6, 6.07) is 8.74. The number of carbonyl (C=O) groups is 3. The first-order chi connectivity index (χ1) is 17.5. The van der Waals surface area contributed by atoms with Crippen LogP contribution in [-0.2, 0) is 28.5 Å². The Morgan fingerprint density at radius 3 is 2.57 bits per heavy atom. The molecule has 5 rings (SSSR count). The highest BCUT2D eigenvalue weighted by atomic mass is 16.6. The molecule has 1 saturated heterocycles. The van der Waals surface area contributed by atoms with Gasteiger partial charge >= 0.3 is 17.9 Å². The van der Waals surface area contributed by atoms with E-state index in [2.05, 4.69) is 0 Å². The van der Waals surface area contributed by atoms with Crippen LogP contribution in [-0.4, -0.2) is 60.1 Å². The highest BCUT2D eigenvalue weighted by molar-refractivity contribution is 5.89. The van der Waals surface area contributed by atoms with Crippen molar-refractivity contribution in [1.82, 2.24) is 0 Å². The van der Waals surface area contributed by atoms with Gasteiger partial charge in [-0.05, 0) is 43.4 Å². The lowest BCUT2D eigenvalue weighted by Gasteiger charge is -2.64. The third kappa shape index (κ3) is 4.20. The average molecular weight is 511 g/mol. The maximum absolute atomic E-state index is 13.3. The molecule has 1 aromatic rings. The minimum absolute atomic E-state index is 0.0174. The third-order valence-corrected chi connectivity index (χ3v) is 9.18. The van der Waals surface area contributed by atoms with Crippen LogP contribution in [0, 0.1) is 16.7 Å². The molecule has 1 aromatic carbocycles. The fourth-order valence-electron chi connectivity index (χ4n) is 6.92. The quantitative estimate of drug-likeness (QED) is 0.352. The van der Waals surface area contributed by atoms with Crippen molar-refractivity contribution in [3.8, 4) is 0 Å². The second kappa shape index (κ2) is 9.10. The van der Waals surface area contributed by atoms with Crippen LogP contribution in [0.25, 0.3) is 0 Å². The predicted octanol–water partition coefficient (Wildman–Crippen LogP) is 3.53. The molecule has 1 spiro atoms. The summed E-state index contributed by atoms with van der Waals surface area (Å²) in [5, 5.41) is 12.0. The standard InChI is InChI=1S/C29H34O8/c1-19(30)35-18-29-22(10-7-12-28(29)17-36-28)26(2,13-11-20-14-24(31)34-16-20)27(3,33)15-23(29)37-25(32)21-8-5-4-6-9-21/h4-6,8-9,11,13-14,22-23,33H,7,10,12,15-18H2,1-3H3/b13-11+/t22-,23+,26+,27+,28+,29+/m1/s1. The van der Waals surface area contributed by atoms with Crippen molar-refractivity contribution in [1.29, 1.82) is 0 Å². The Morgan fingerprint density at radius 2 is 1.95 bits per heavy atom. The van der Waals surface area contributed by atoms with E-state index in [-0.39, 0.29) is 31.5 Å². The summed E-state index contributed by atoms with van der Waals surface area (Å²) in [5.41, 5.74) is -2.45. The highest BCUT2D eigenvalue weighted by Gasteiger charge is 2.77. The van der Waals surface area contributed by atoms with Crippen molar-refractivity contribution in [2.45, 2.75) is 63.8 Å². The molecule has 1 N–H and O–H groups in total. The number of rotatable bonds is 6. The van der Waals surface area contributed by atoms with Crippen molar-refractivity contribution in [3.05, 3.63) is 59.7 Å². The topological polar surface area (TPSA) is 112 Å². The minimum atomic E-state index is -1.28. The monoisotopic (exact) mass is 510 g/mol. The van der Waals surface area contributed by atoms with Crippen LogP contribution in [0.2, 0.25) is 0 Å². The molecule has 2 saturated carbocycles. The predicted molar refractivity (Wildman–Crippen MR) is 132 cm³/mol. The normalized spacial score (nSPS) is 38.6. The molecule has 8 heteroatoms. The van der Waals surface area contributed by atoms with E-state index in [1.807, 2.05) is 25.1 Å². The van der Waals surface area contributed by atoms with Crippen LogP contribution in [0.5, 0.6) is 0 Å². The zero-order chi connectivity index (χ0) is 26.5. The van der Waals surface area contributed by atoms with Gasteiger partial charge in [0.2, 0.25) is 0 Å². The highest BCUT2D eigenvalue weighted by Crippen LogP contribution is 2.69. The lowest BCUT2D eigenvalue weighted by molar-refractivity contribution is -0.247. The second-order valence-electron chi connectivity index (χ2n) is 11.2. The Balaban J connectivity index is 1.60. The molecule has 2 aliphatic carbocycles. The number of hydrogen-bond donors (Lipinski definition) is 1. The summed E-state index contributed by atoms with van der Waals surface area (Å²) in [5.74, 6) is -1.55. The van der Waals surface area contributed by atoms with Gasteiger partial charge in [0, 0.05) is 24.8 Å². The van der Waals surface area contributed by atoms with Gasteiger partial charge in [0.25, 0.3) is 0 Å². The van der Waals surface area contributed by atoms with Crippen LogP contribution in [0.3, 0.4) is 0 Å². The molecule has 0 radical (unpaired) electrons. The molecule has 8 nitrogen and oxygen atoms in total. The number of aliphatic hydroxyl groups is 1. The number of ether oxygens (including phenoxy) is 4. The van der Waals surface area contributed by atoms with Crippen LogP contribution < -0.4 is 0 Å². The number of epoxide rings is 1. The first-order valence-electron chi connectivity index (χ1n) is 12.9. The zero-order valence-corrected chi connectivity index (χ0v) is 21.5. The molecular weight excluding hydrogens is 476 g/mol. The third-order valence-electron chi connectivity index (χ3n) is 9.18. The molecule has 0 unspecified atom stereocenters. The number of esters is 3. The molecule has 0 bridgehead atoms. The van der Waals surface area contributed by atoms with Crippen molar-refractivity contribution < 1.29 is 38.4 Å². The van der Waals surface area contributed by atoms with Gasteiger partial charge < -0.3 is 24.1 Å². The lowest BCUT2D eigenvalue weighted by Crippen LogP contribution is -2.71. The van der Waals surface area contributed by atoms with Gasteiger partial charge in [-0.15, -0.1) is 0 Å². The molecule has 6 atom stereocenters. The van der Waals surface area contributed by atoms with Gasteiger partial charge in [0.1, 0.15) is 24.9 Å². The van der Waals surface area contributed by atoms with E-state index in [0.29, 0.717) is 12.2 Å². The fourth-order valence-corrected chi connectivity index (χ4v) is 6.92. The molecular formula is C29H34O8. The number of fused-ring (bicyclic) bond motifs is 2. The Labute approximate surface area is 216 Å². The molecule has 37 heavy (non-hydrogen) atoms. The summed E-state index contributed by atoms with van der Waals surface area (Å²) in [6.45, 7) is 5.79. The van der Waals surface area contributed by atoms with Crippen LogP contribution in [0.1, 0.15) is 56.8 Å². The van der Waals surface area contributed by atoms with Crippen molar-refractivity contribution in [2.75, 3.05) is 19.8 Å². The molecule has 3 fully saturated rings. The number of cyclic esters (lactones) is 1. The van der Waals surface area contributed by atoms with Gasteiger partial charge in [-0.25, -0.2) is 9.59 Å². The molecule has 4 aliphatic rings. The second-order valence-corrected chi connectivity index (χ2v) is 11.2. The first-order valence-corrected chi connectivity index (χ1v) is 12.9. The Morgan fingerprint density at radius 1 is 1.22 bits per heavy atom. The van der Waals surface area contributed by atoms with E-state index >= 15 is 0 Å². The fraction of sp³-hybridized carbons (Fsp3) is 0.552. The number of carbonyl (C=O) groups excluding carboxylic acids is 3.